The lowest BCUT2D eigenvalue weighted by Gasteiger charge is -2.26. The van der Waals surface area contributed by atoms with Crippen molar-refractivity contribution in [3.8, 4) is 0 Å². The zero-order valence-corrected chi connectivity index (χ0v) is 18.9. The number of hydrogen-bond acceptors (Lipinski definition) is 6. The van der Waals surface area contributed by atoms with Crippen molar-refractivity contribution in [2.24, 2.45) is 0 Å². The van der Waals surface area contributed by atoms with E-state index in [0.717, 1.165) is 24.4 Å². The minimum absolute atomic E-state index is 0.0123. The molecular formula is C22H28N2O6S. The van der Waals surface area contributed by atoms with Gasteiger partial charge in [0.1, 0.15) is 0 Å². The van der Waals surface area contributed by atoms with Gasteiger partial charge >= 0.3 is 5.97 Å². The number of hydrogen-bond donors (Lipinski definition) is 0. The standard InChI is InChI=1S/C22H28N2O6S/c1-4-8-24-16(2)13-20(17(24)3)21(25)15-30-22(26)18-6-5-7-19(14-18)31(27,28)23-9-11-29-12-10-23/h5-7,13-14H,4,8-12,15H2,1-3H3. The summed E-state index contributed by atoms with van der Waals surface area (Å²) in [5, 5.41) is 0. The van der Waals surface area contributed by atoms with Crippen LogP contribution in [0.15, 0.2) is 35.2 Å². The van der Waals surface area contributed by atoms with E-state index < -0.39 is 22.6 Å². The fraction of sp³-hybridized carbons (Fsp3) is 0.455. The number of benzene rings is 1. The predicted molar refractivity (Wildman–Crippen MR) is 115 cm³/mol. The van der Waals surface area contributed by atoms with Crippen LogP contribution in [-0.2, 0) is 26.0 Å². The fourth-order valence-electron chi connectivity index (χ4n) is 3.66. The highest BCUT2D eigenvalue weighted by molar-refractivity contribution is 7.89. The molecule has 1 saturated heterocycles. The van der Waals surface area contributed by atoms with Crippen molar-refractivity contribution in [3.05, 3.63) is 52.8 Å². The summed E-state index contributed by atoms with van der Waals surface area (Å²) in [6, 6.07) is 7.49. The molecule has 0 saturated carbocycles. The number of morpholine rings is 1. The van der Waals surface area contributed by atoms with Crippen LogP contribution in [0.25, 0.3) is 0 Å². The van der Waals surface area contributed by atoms with Crippen LogP contribution in [-0.4, -0.2) is 62.0 Å². The summed E-state index contributed by atoms with van der Waals surface area (Å²) in [6.07, 6.45) is 0.947. The molecular weight excluding hydrogens is 420 g/mol. The van der Waals surface area contributed by atoms with Crippen molar-refractivity contribution >= 4 is 21.8 Å². The van der Waals surface area contributed by atoms with E-state index in [1.54, 1.807) is 6.07 Å². The third-order valence-electron chi connectivity index (χ3n) is 5.33. The van der Waals surface area contributed by atoms with E-state index in [1.807, 2.05) is 13.8 Å². The molecule has 2 heterocycles. The van der Waals surface area contributed by atoms with Gasteiger partial charge in [-0.15, -0.1) is 0 Å². The summed E-state index contributed by atoms with van der Waals surface area (Å²) < 4.78 is 39.4. The molecule has 9 heteroatoms. The molecule has 0 aliphatic carbocycles. The third kappa shape index (κ3) is 5.06. The maximum Gasteiger partial charge on any atom is 0.338 e. The number of rotatable bonds is 8. The fourth-order valence-corrected chi connectivity index (χ4v) is 5.12. The Labute approximate surface area is 182 Å². The number of aryl methyl sites for hydroxylation is 1. The number of carbonyl (C=O) groups excluding carboxylic acids is 2. The van der Waals surface area contributed by atoms with Gasteiger partial charge in [0, 0.05) is 36.6 Å². The van der Waals surface area contributed by atoms with Gasteiger partial charge in [0.2, 0.25) is 15.8 Å². The van der Waals surface area contributed by atoms with Gasteiger partial charge < -0.3 is 14.0 Å². The Hall–Kier alpha value is -2.49. The van der Waals surface area contributed by atoms with Crippen LogP contribution >= 0.6 is 0 Å². The third-order valence-corrected chi connectivity index (χ3v) is 7.23. The number of sulfonamides is 1. The van der Waals surface area contributed by atoms with E-state index in [2.05, 4.69) is 11.5 Å². The molecule has 1 fully saturated rings. The van der Waals surface area contributed by atoms with Crippen LogP contribution in [0.5, 0.6) is 0 Å². The Morgan fingerprint density at radius 3 is 2.52 bits per heavy atom. The second-order valence-electron chi connectivity index (χ2n) is 7.48. The van der Waals surface area contributed by atoms with Crippen molar-refractivity contribution in [2.75, 3.05) is 32.9 Å². The summed E-state index contributed by atoms with van der Waals surface area (Å²) >= 11 is 0. The summed E-state index contributed by atoms with van der Waals surface area (Å²) in [4.78, 5) is 25.1. The number of esters is 1. The lowest BCUT2D eigenvalue weighted by atomic mass is 10.1. The SMILES string of the molecule is CCCn1c(C)cc(C(=O)COC(=O)c2cccc(S(=O)(=O)N3CCOCC3)c2)c1C. The van der Waals surface area contributed by atoms with Gasteiger partial charge in [-0.1, -0.05) is 13.0 Å². The molecule has 0 N–H and O–H groups in total. The van der Waals surface area contributed by atoms with Crippen LogP contribution < -0.4 is 0 Å². The Morgan fingerprint density at radius 1 is 1.13 bits per heavy atom. The number of Topliss-reactive ketones (excluding diaryl/α,β-unsaturated/α-hetero) is 1. The highest BCUT2D eigenvalue weighted by atomic mass is 32.2. The van der Waals surface area contributed by atoms with Crippen molar-refractivity contribution in [1.82, 2.24) is 8.87 Å². The Bertz CT molecular complexity index is 1070. The Kier molecular flexibility index (Phi) is 7.30. The molecule has 1 aromatic heterocycles. The average molecular weight is 449 g/mol. The normalized spacial score (nSPS) is 15.1. The number of carbonyl (C=O) groups is 2. The molecule has 0 spiro atoms. The first-order chi connectivity index (χ1) is 14.8. The molecule has 1 aromatic carbocycles. The van der Waals surface area contributed by atoms with Crippen molar-refractivity contribution in [3.63, 3.8) is 0 Å². The van der Waals surface area contributed by atoms with Crippen LogP contribution in [0.4, 0.5) is 0 Å². The van der Waals surface area contributed by atoms with Gasteiger partial charge in [-0.25, -0.2) is 13.2 Å². The summed E-state index contributed by atoms with van der Waals surface area (Å²) in [5.74, 6) is -1.03. The molecule has 0 unspecified atom stereocenters. The second-order valence-corrected chi connectivity index (χ2v) is 9.42. The van der Waals surface area contributed by atoms with Crippen molar-refractivity contribution < 1.29 is 27.5 Å². The molecule has 31 heavy (non-hydrogen) atoms. The van der Waals surface area contributed by atoms with Gasteiger partial charge in [0.05, 0.1) is 23.7 Å². The van der Waals surface area contributed by atoms with E-state index in [-0.39, 0.29) is 29.3 Å². The Balaban J connectivity index is 1.69. The first-order valence-corrected chi connectivity index (χ1v) is 11.7. The van der Waals surface area contributed by atoms with Gasteiger partial charge in [0.15, 0.2) is 6.61 Å². The maximum absolute atomic E-state index is 12.8. The number of ketones is 1. The molecule has 0 atom stereocenters. The zero-order chi connectivity index (χ0) is 22.6. The summed E-state index contributed by atoms with van der Waals surface area (Å²) in [7, 11) is -3.73. The predicted octanol–water partition coefficient (Wildman–Crippen LogP) is 2.58. The number of nitrogens with zero attached hydrogens (tertiary/aromatic N) is 2. The zero-order valence-electron chi connectivity index (χ0n) is 18.1. The number of ether oxygens (including phenoxy) is 2. The minimum atomic E-state index is -3.73. The first-order valence-electron chi connectivity index (χ1n) is 10.3. The quantitative estimate of drug-likeness (QED) is 0.455. The molecule has 2 aromatic rings. The van der Waals surface area contributed by atoms with Crippen LogP contribution in [0, 0.1) is 13.8 Å². The van der Waals surface area contributed by atoms with Gasteiger partial charge in [-0.3, -0.25) is 4.79 Å². The first kappa shape index (κ1) is 23.2. The smallest absolute Gasteiger partial charge is 0.338 e. The van der Waals surface area contributed by atoms with E-state index in [1.165, 1.54) is 28.6 Å². The monoisotopic (exact) mass is 448 g/mol. The molecule has 168 valence electrons. The highest BCUT2D eigenvalue weighted by Gasteiger charge is 2.27. The summed E-state index contributed by atoms with van der Waals surface area (Å²) in [6.45, 7) is 7.48. The molecule has 0 radical (unpaired) electrons. The lowest BCUT2D eigenvalue weighted by molar-refractivity contribution is 0.0474. The van der Waals surface area contributed by atoms with Crippen LogP contribution in [0.1, 0.15) is 45.4 Å². The van der Waals surface area contributed by atoms with Crippen LogP contribution in [0.3, 0.4) is 0 Å². The van der Waals surface area contributed by atoms with E-state index in [9.17, 15) is 18.0 Å². The van der Waals surface area contributed by atoms with E-state index >= 15 is 0 Å². The number of aromatic nitrogens is 1. The Morgan fingerprint density at radius 2 is 1.84 bits per heavy atom. The van der Waals surface area contributed by atoms with Crippen molar-refractivity contribution in [1.29, 1.82) is 0 Å². The van der Waals surface area contributed by atoms with E-state index in [0.29, 0.717) is 18.8 Å². The van der Waals surface area contributed by atoms with E-state index in [4.69, 9.17) is 9.47 Å². The van der Waals surface area contributed by atoms with Crippen molar-refractivity contribution in [2.45, 2.75) is 38.6 Å². The van der Waals surface area contributed by atoms with Crippen LogP contribution in [0.2, 0.25) is 0 Å². The van der Waals surface area contributed by atoms with Gasteiger partial charge in [-0.2, -0.15) is 4.31 Å². The topological polar surface area (TPSA) is 94.9 Å². The second kappa shape index (κ2) is 9.76. The lowest BCUT2D eigenvalue weighted by Crippen LogP contribution is -2.40. The molecule has 1 aliphatic rings. The molecule has 1 aliphatic heterocycles. The largest absolute Gasteiger partial charge is 0.454 e. The van der Waals surface area contributed by atoms with Gasteiger partial charge in [-0.05, 0) is 44.5 Å². The van der Waals surface area contributed by atoms with Gasteiger partial charge in [0.25, 0.3) is 0 Å². The molecule has 0 bridgehead atoms. The molecule has 8 nitrogen and oxygen atoms in total. The maximum atomic E-state index is 12.8. The molecule has 3 rings (SSSR count). The highest BCUT2D eigenvalue weighted by Crippen LogP contribution is 2.20. The summed E-state index contributed by atoms with van der Waals surface area (Å²) in [5.41, 5.74) is 2.44. The molecule has 0 amide bonds. The minimum Gasteiger partial charge on any atom is -0.454 e. The average Bonchev–Trinajstić information content (AvgIpc) is 3.06.